The minimum atomic E-state index is -1.72. The molecule has 6 bridgehead atoms. The van der Waals surface area contributed by atoms with E-state index in [1.54, 1.807) is 6.07 Å². The third-order valence-corrected chi connectivity index (χ3v) is 8.69. The molecule has 32 heavy (non-hydrogen) atoms. The lowest BCUT2D eigenvalue weighted by molar-refractivity contribution is -0.157. The Labute approximate surface area is 197 Å². The molecule has 5 nitrogen and oxygen atoms in total. The molecular formula is C25H26Cl2O5. The van der Waals surface area contributed by atoms with Gasteiger partial charge in [-0.15, -0.1) is 23.2 Å². The van der Waals surface area contributed by atoms with Gasteiger partial charge in [-0.2, -0.15) is 0 Å². The number of Topliss-reactive ketones (excluding diaryl/α,β-unsaturated/α-hetero) is 2. The number of carbonyl (C=O) groups excluding carboxylic acids is 2. The number of allylic oxidation sites excluding steroid dienone is 2. The predicted molar refractivity (Wildman–Crippen MR) is 122 cm³/mol. The van der Waals surface area contributed by atoms with Gasteiger partial charge in [-0.25, -0.2) is 0 Å². The minimum absolute atomic E-state index is 0.0471. The van der Waals surface area contributed by atoms with Crippen molar-refractivity contribution in [3.63, 3.8) is 0 Å². The summed E-state index contributed by atoms with van der Waals surface area (Å²) >= 11 is 13.7. The summed E-state index contributed by atoms with van der Waals surface area (Å²) < 4.78 is 12.3. The van der Waals surface area contributed by atoms with Crippen LogP contribution in [0.5, 0.6) is 11.5 Å². The lowest BCUT2D eigenvalue weighted by Gasteiger charge is -2.56. The van der Waals surface area contributed by atoms with Crippen molar-refractivity contribution >= 4 is 34.8 Å². The predicted octanol–water partition coefficient (Wildman–Crippen LogP) is 5.29. The molecule has 0 unspecified atom stereocenters. The molecule has 4 aliphatic carbocycles. The highest BCUT2D eigenvalue weighted by atomic mass is 35.5. The average Bonchev–Trinajstić information content (AvgIpc) is 2.73. The van der Waals surface area contributed by atoms with E-state index in [0.29, 0.717) is 24.3 Å². The average molecular weight is 477 g/mol. The molecule has 170 valence electrons. The standard InChI is InChI=1S/C25H26Cl2O5/c1-13-5-4-6-14-9-15-17(31-12-14)10-16-19(20(15)28)22(30)24(27)11-18(26)23(2,3)32-25(24,8-7-13)21(16)29/h6-7,10,18,28H,4-5,8-9,11-12H2,1-3H3/b13-7+,14-6?/t18-,24+,25+/m1/s1. The number of fused-ring (bicyclic) bond motifs is 1. The molecule has 7 heteroatoms. The maximum Gasteiger partial charge on any atom is 0.198 e. The van der Waals surface area contributed by atoms with E-state index < -0.39 is 33.0 Å². The van der Waals surface area contributed by atoms with Crippen molar-refractivity contribution in [2.24, 2.45) is 0 Å². The number of ether oxygens (including phenoxy) is 2. The molecule has 0 aromatic heterocycles. The molecule has 1 aromatic rings. The van der Waals surface area contributed by atoms with Gasteiger partial charge >= 0.3 is 0 Å². The van der Waals surface area contributed by atoms with Crippen molar-refractivity contribution in [1.29, 1.82) is 0 Å². The summed E-state index contributed by atoms with van der Waals surface area (Å²) in [6.45, 7) is 6.01. The normalized spacial score (nSPS) is 35.0. The number of ketones is 2. The fourth-order valence-corrected chi connectivity index (χ4v) is 6.17. The number of alkyl halides is 2. The topological polar surface area (TPSA) is 72.8 Å². The van der Waals surface area contributed by atoms with Gasteiger partial charge in [-0.1, -0.05) is 17.7 Å². The number of benzene rings is 1. The number of carbonyl (C=O) groups is 2. The number of hydrogen-bond acceptors (Lipinski definition) is 5. The summed E-state index contributed by atoms with van der Waals surface area (Å²) in [5.74, 6) is -0.738. The van der Waals surface area contributed by atoms with Crippen LogP contribution in [0, 0.1) is 0 Å². The zero-order valence-electron chi connectivity index (χ0n) is 18.4. The number of phenolic OH excluding ortho intramolecular Hbond substituents is 1. The second-order valence-corrected chi connectivity index (χ2v) is 11.1. The largest absolute Gasteiger partial charge is 0.507 e. The van der Waals surface area contributed by atoms with Crippen LogP contribution in [0.15, 0.2) is 29.4 Å². The van der Waals surface area contributed by atoms with Gasteiger partial charge in [-0.05, 0) is 51.7 Å². The van der Waals surface area contributed by atoms with Gasteiger partial charge in [0.1, 0.15) is 23.0 Å². The van der Waals surface area contributed by atoms with Crippen LogP contribution >= 0.6 is 23.2 Å². The first kappa shape index (κ1) is 22.0. The first-order chi connectivity index (χ1) is 15.0. The van der Waals surface area contributed by atoms with Gasteiger partial charge in [0, 0.05) is 24.0 Å². The molecule has 3 atom stereocenters. The number of aromatic hydroxyl groups is 1. The van der Waals surface area contributed by atoms with E-state index in [1.165, 1.54) is 0 Å². The van der Waals surface area contributed by atoms with Crippen LogP contribution in [0.1, 0.15) is 72.7 Å². The lowest BCUT2D eigenvalue weighted by Crippen LogP contribution is -2.72. The molecule has 1 aromatic carbocycles. The second kappa shape index (κ2) is 7.09. The molecule has 0 radical (unpaired) electrons. The summed E-state index contributed by atoms with van der Waals surface area (Å²) in [7, 11) is 0. The van der Waals surface area contributed by atoms with E-state index in [2.05, 4.69) is 6.08 Å². The first-order valence-corrected chi connectivity index (χ1v) is 11.8. The number of rotatable bonds is 0. The number of hydrogen-bond donors (Lipinski definition) is 1. The third-order valence-electron chi connectivity index (χ3n) is 7.38. The maximum atomic E-state index is 14.1. The summed E-state index contributed by atoms with van der Waals surface area (Å²) in [5, 5.41) is 10.6. The Morgan fingerprint density at radius 1 is 1.19 bits per heavy atom. The second-order valence-electron chi connectivity index (χ2n) is 9.91. The third kappa shape index (κ3) is 2.87. The summed E-state index contributed by atoms with van der Waals surface area (Å²) in [5.41, 5.74) is 0.169. The molecule has 0 amide bonds. The quantitative estimate of drug-likeness (QED) is 0.406. The van der Waals surface area contributed by atoms with Crippen LogP contribution in [0.2, 0.25) is 0 Å². The van der Waals surface area contributed by atoms with Crippen LogP contribution < -0.4 is 4.74 Å². The van der Waals surface area contributed by atoms with Gasteiger partial charge < -0.3 is 14.6 Å². The Hall–Kier alpha value is -1.82. The molecule has 1 spiro atoms. The highest BCUT2D eigenvalue weighted by Gasteiger charge is 2.70. The smallest absolute Gasteiger partial charge is 0.198 e. The highest BCUT2D eigenvalue weighted by molar-refractivity contribution is 6.45. The van der Waals surface area contributed by atoms with E-state index in [-0.39, 0.29) is 29.7 Å². The van der Waals surface area contributed by atoms with E-state index in [9.17, 15) is 14.7 Å². The zero-order valence-corrected chi connectivity index (χ0v) is 19.9. The van der Waals surface area contributed by atoms with Gasteiger partial charge in [0.2, 0.25) is 0 Å². The van der Waals surface area contributed by atoms with Gasteiger partial charge in [0.05, 0.1) is 16.5 Å². The van der Waals surface area contributed by atoms with E-state index in [4.69, 9.17) is 32.7 Å². The van der Waals surface area contributed by atoms with E-state index >= 15 is 0 Å². The van der Waals surface area contributed by atoms with Crippen LogP contribution in [-0.2, 0) is 11.2 Å². The van der Waals surface area contributed by atoms with Crippen LogP contribution in [0.4, 0.5) is 0 Å². The molecule has 7 aliphatic rings. The van der Waals surface area contributed by atoms with E-state index in [0.717, 1.165) is 24.0 Å². The van der Waals surface area contributed by atoms with Crippen molar-refractivity contribution in [2.75, 3.05) is 6.61 Å². The Morgan fingerprint density at radius 3 is 2.69 bits per heavy atom. The number of phenols is 1. The van der Waals surface area contributed by atoms with Crippen LogP contribution in [-0.4, -0.2) is 44.7 Å². The summed E-state index contributed by atoms with van der Waals surface area (Å²) in [6.07, 6.45) is 6.34. The SMILES string of the molecule is C/C1=C\C[C@@]23OC(C)(C)[C@H](Cl)C[C@]2(Cl)C(=O)c2c(cc4c(c2O)CC(=CCC1)CO4)C3=O. The fourth-order valence-electron chi connectivity index (χ4n) is 5.36. The molecule has 8 rings (SSSR count). The zero-order chi connectivity index (χ0) is 23.1. The molecule has 1 fully saturated rings. The van der Waals surface area contributed by atoms with Crippen molar-refractivity contribution < 1.29 is 24.2 Å². The van der Waals surface area contributed by atoms with E-state index in [1.807, 2.05) is 26.8 Å². The molecular weight excluding hydrogens is 451 g/mol. The minimum Gasteiger partial charge on any atom is -0.507 e. The van der Waals surface area contributed by atoms with Crippen LogP contribution in [0.3, 0.4) is 0 Å². The maximum absolute atomic E-state index is 14.1. The van der Waals surface area contributed by atoms with Crippen LogP contribution in [0.25, 0.3) is 0 Å². The summed E-state index contributed by atoms with van der Waals surface area (Å²) in [6, 6.07) is 1.57. The Kier molecular flexibility index (Phi) is 4.87. The van der Waals surface area contributed by atoms with Crippen molar-refractivity contribution in [2.45, 2.75) is 74.3 Å². The van der Waals surface area contributed by atoms with Gasteiger partial charge in [0.25, 0.3) is 0 Å². The number of halogens is 2. The molecule has 0 saturated carbocycles. The molecule has 3 heterocycles. The molecule has 3 aliphatic heterocycles. The van der Waals surface area contributed by atoms with Crippen molar-refractivity contribution in [1.82, 2.24) is 0 Å². The lowest BCUT2D eigenvalue weighted by atomic mass is 9.63. The Bertz CT molecular complexity index is 1120. The monoisotopic (exact) mass is 476 g/mol. The van der Waals surface area contributed by atoms with Crippen molar-refractivity contribution in [3.05, 3.63) is 46.1 Å². The Morgan fingerprint density at radius 2 is 1.94 bits per heavy atom. The highest BCUT2D eigenvalue weighted by Crippen LogP contribution is 2.57. The molecule has 1 saturated heterocycles. The van der Waals surface area contributed by atoms with Gasteiger partial charge in [0.15, 0.2) is 17.2 Å². The summed E-state index contributed by atoms with van der Waals surface area (Å²) in [4.78, 5) is 26.3. The fraction of sp³-hybridized carbons (Fsp3) is 0.520. The first-order valence-electron chi connectivity index (χ1n) is 11.0. The van der Waals surface area contributed by atoms with Gasteiger partial charge in [-0.3, -0.25) is 9.59 Å². The van der Waals surface area contributed by atoms with Crippen molar-refractivity contribution in [3.8, 4) is 11.5 Å². The molecule has 1 N–H and O–H groups in total. The Balaban J connectivity index is 1.83.